The summed E-state index contributed by atoms with van der Waals surface area (Å²) in [6.45, 7) is 0. The summed E-state index contributed by atoms with van der Waals surface area (Å²) in [5.41, 5.74) is 1.30. The Bertz CT molecular complexity index is 522. The number of nitrogens with zero attached hydrogens (tertiary/aromatic N) is 2. The fourth-order valence-corrected chi connectivity index (χ4v) is 1.23. The molecule has 5 heteroatoms. The minimum atomic E-state index is -2.45. The first kappa shape index (κ1) is 6.44. The zero-order valence-corrected chi connectivity index (χ0v) is 8.02. The first-order chi connectivity index (χ1) is 8.49. The molecule has 5 nitrogen and oxygen atoms in total. The maximum atomic E-state index is 6.99. The van der Waals surface area contributed by atoms with Crippen LogP contribution in [0.2, 0.25) is 0 Å². The van der Waals surface area contributed by atoms with Crippen LogP contribution in [0.15, 0.2) is 24.3 Å². The van der Waals surface area contributed by atoms with Crippen LogP contribution >= 0.6 is 0 Å². The molecule has 0 atom stereocenters. The molecule has 0 radical (unpaired) electrons. The second-order valence-corrected chi connectivity index (χ2v) is 2.81. The first-order valence-electron chi connectivity index (χ1n) is 5.74. The normalized spacial score (nSPS) is 13.8. The van der Waals surface area contributed by atoms with Crippen molar-refractivity contribution in [2.45, 2.75) is 0 Å². The number of aromatic nitrogens is 3. The highest BCUT2D eigenvalue weighted by Gasteiger charge is 2.09. The van der Waals surface area contributed by atoms with Gasteiger partial charge in [-0.15, -0.1) is 5.10 Å². The molecule has 0 saturated carbocycles. The summed E-state index contributed by atoms with van der Waals surface area (Å²) in [5.74, 6) is 0.640. The van der Waals surface area contributed by atoms with Crippen LogP contribution in [0, 0.1) is 0 Å². The zero-order chi connectivity index (χ0) is 13.2. The number of hydrogen-bond donors (Lipinski definition) is 1. The predicted molar refractivity (Wildman–Crippen MR) is 54.9 cm³/mol. The SMILES string of the molecule is [2H]C([2H])([2H])Oc1ccc(-c2n[nH]nc2OC)cc1. The second kappa shape index (κ2) is 4.00. The van der Waals surface area contributed by atoms with E-state index in [4.69, 9.17) is 13.6 Å². The Hall–Kier alpha value is -2.04. The topological polar surface area (TPSA) is 60.0 Å². The van der Waals surface area contributed by atoms with Crippen LogP contribution in [0.4, 0.5) is 0 Å². The van der Waals surface area contributed by atoms with Gasteiger partial charge >= 0.3 is 0 Å². The molecular weight excluding hydrogens is 194 g/mol. The van der Waals surface area contributed by atoms with Crippen LogP contribution in [0.3, 0.4) is 0 Å². The molecule has 0 saturated heterocycles. The summed E-state index contributed by atoms with van der Waals surface area (Å²) in [6.07, 6.45) is 0. The number of hydrogen-bond acceptors (Lipinski definition) is 4. The fourth-order valence-electron chi connectivity index (χ4n) is 1.23. The Labute approximate surface area is 91.2 Å². The number of ether oxygens (including phenoxy) is 2. The van der Waals surface area contributed by atoms with Crippen molar-refractivity contribution in [2.75, 3.05) is 14.1 Å². The molecule has 1 heterocycles. The molecule has 2 rings (SSSR count). The highest BCUT2D eigenvalue weighted by Crippen LogP contribution is 2.26. The van der Waals surface area contributed by atoms with E-state index in [-0.39, 0.29) is 5.75 Å². The van der Waals surface area contributed by atoms with E-state index >= 15 is 0 Å². The highest BCUT2D eigenvalue weighted by molar-refractivity contribution is 5.64. The number of benzene rings is 1. The van der Waals surface area contributed by atoms with Crippen molar-refractivity contribution in [3.05, 3.63) is 24.3 Å². The standard InChI is InChI=1S/C10H11N3O2/c1-14-8-5-3-7(4-6-8)9-10(15-2)12-13-11-9/h3-6H,1-2H3,(H,11,12,13)/i1D3. The quantitative estimate of drug-likeness (QED) is 0.830. The summed E-state index contributed by atoms with van der Waals surface area (Å²) in [5, 5.41) is 10.2. The van der Waals surface area contributed by atoms with Crippen molar-refractivity contribution in [2.24, 2.45) is 0 Å². The third-order valence-electron chi connectivity index (χ3n) is 1.95. The first-order valence-corrected chi connectivity index (χ1v) is 4.24. The zero-order valence-electron chi connectivity index (χ0n) is 11.0. The summed E-state index contributed by atoms with van der Waals surface area (Å²) in [7, 11) is -0.958. The van der Waals surface area contributed by atoms with Crippen molar-refractivity contribution >= 4 is 0 Å². The van der Waals surface area contributed by atoms with Gasteiger partial charge in [-0.25, -0.2) is 0 Å². The lowest BCUT2D eigenvalue weighted by Crippen LogP contribution is -1.87. The van der Waals surface area contributed by atoms with E-state index in [9.17, 15) is 0 Å². The van der Waals surface area contributed by atoms with Gasteiger partial charge in [-0.05, 0) is 24.3 Å². The van der Waals surface area contributed by atoms with Crippen LogP contribution < -0.4 is 9.47 Å². The van der Waals surface area contributed by atoms with E-state index in [0.717, 1.165) is 5.56 Å². The van der Waals surface area contributed by atoms with Gasteiger partial charge in [-0.3, -0.25) is 0 Å². The molecule has 2 aromatic rings. The molecule has 0 aliphatic carbocycles. The van der Waals surface area contributed by atoms with Gasteiger partial charge in [-0.1, -0.05) is 0 Å². The van der Waals surface area contributed by atoms with Crippen molar-refractivity contribution in [1.82, 2.24) is 15.4 Å². The molecule has 0 unspecified atom stereocenters. The van der Waals surface area contributed by atoms with E-state index in [1.54, 1.807) is 24.3 Å². The lowest BCUT2D eigenvalue weighted by atomic mass is 10.1. The molecule has 0 bridgehead atoms. The van der Waals surface area contributed by atoms with Crippen LogP contribution in [-0.4, -0.2) is 29.6 Å². The molecular formula is C10H11N3O2. The van der Waals surface area contributed by atoms with Crippen LogP contribution in [0.5, 0.6) is 11.6 Å². The summed E-state index contributed by atoms with van der Waals surface area (Å²) in [6, 6.07) is 6.47. The van der Waals surface area contributed by atoms with Crippen molar-refractivity contribution in [3.8, 4) is 22.9 Å². The molecule has 0 aliphatic heterocycles. The van der Waals surface area contributed by atoms with E-state index in [1.807, 2.05) is 0 Å². The largest absolute Gasteiger partial charge is 0.497 e. The summed E-state index contributed by atoms with van der Waals surface area (Å²) < 4.78 is 30.7. The molecule has 1 aromatic carbocycles. The van der Waals surface area contributed by atoms with E-state index < -0.39 is 7.04 Å². The monoisotopic (exact) mass is 208 g/mol. The molecule has 0 fully saturated rings. The van der Waals surface area contributed by atoms with Gasteiger partial charge in [0.15, 0.2) is 5.69 Å². The molecule has 1 aromatic heterocycles. The van der Waals surface area contributed by atoms with Gasteiger partial charge in [0.25, 0.3) is 5.88 Å². The average molecular weight is 208 g/mol. The van der Waals surface area contributed by atoms with Crippen molar-refractivity contribution in [3.63, 3.8) is 0 Å². The maximum Gasteiger partial charge on any atom is 0.261 e. The number of rotatable bonds is 3. The highest BCUT2D eigenvalue weighted by atomic mass is 16.5. The fraction of sp³-hybridized carbons (Fsp3) is 0.200. The van der Waals surface area contributed by atoms with Gasteiger partial charge in [0.2, 0.25) is 0 Å². The molecule has 0 spiro atoms. The minimum absolute atomic E-state index is 0.265. The Morgan fingerprint density at radius 3 is 2.67 bits per heavy atom. The number of H-pyrrole nitrogens is 1. The van der Waals surface area contributed by atoms with E-state index in [1.165, 1.54) is 7.11 Å². The average Bonchev–Trinajstić information content (AvgIpc) is 2.76. The second-order valence-electron chi connectivity index (χ2n) is 2.81. The van der Waals surface area contributed by atoms with Crippen LogP contribution in [0.1, 0.15) is 4.11 Å². The lowest BCUT2D eigenvalue weighted by Gasteiger charge is -2.01. The number of nitrogens with one attached hydrogen (secondary N) is 1. The number of aromatic amines is 1. The molecule has 15 heavy (non-hydrogen) atoms. The van der Waals surface area contributed by atoms with Crippen molar-refractivity contribution < 1.29 is 13.6 Å². The van der Waals surface area contributed by atoms with Gasteiger partial charge in [0, 0.05) is 5.56 Å². The Morgan fingerprint density at radius 1 is 1.20 bits per heavy atom. The Kier molecular flexibility index (Phi) is 1.72. The maximum absolute atomic E-state index is 6.99. The molecule has 0 amide bonds. The summed E-state index contributed by atoms with van der Waals surface area (Å²) >= 11 is 0. The molecule has 1 N–H and O–H groups in total. The van der Waals surface area contributed by atoms with Gasteiger partial charge < -0.3 is 9.47 Å². The smallest absolute Gasteiger partial charge is 0.261 e. The van der Waals surface area contributed by atoms with E-state index in [0.29, 0.717) is 11.6 Å². The number of methoxy groups -OCH3 is 2. The third kappa shape index (κ3) is 1.76. The van der Waals surface area contributed by atoms with Gasteiger partial charge in [0.05, 0.1) is 18.3 Å². The van der Waals surface area contributed by atoms with E-state index in [2.05, 4.69) is 15.4 Å². The van der Waals surface area contributed by atoms with Crippen molar-refractivity contribution in [1.29, 1.82) is 0 Å². The Balaban J connectivity index is 2.23. The minimum Gasteiger partial charge on any atom is -0.497 e. The third-order valence-corrected chi connectivity index (χ3v) is 1.95. The lowest BCUT2D eigenvalue weighted by molar-refractivity contribution is 0.398. The summed E-state index contributed by atoms with van der Waals surface area (Å²) in [4.78, 5) is 0. The van der Waals surface area contributed by atoms with Gasteiger partial charge in [-0.2, -0.15) is 10.3 Å². The van der Waals surface area contributed by atoms with Gasteiger partial charge in [0.1, 0.15) is 5.75 Å². The Morgan fingerprint density at radius 2 is 2.00 bits per heavy atom. The molecule has 78 valence electrons. The molecule has 0 aliphatic rings. The predicted octanol–water partition coefficient (Wildman–Crippen LogP) is 1.49. The van der Waals surface area contributed by atoms with Crippen LogP contribution in [-0.2, 0) is 0 Å². The van der Waals surface area contributed by atoms with Crippen LogP contribution in [0.25, 0.3) is 11.3 Å².